The summed E-state index contributed by atoms with van der Waals surface area (Å²) in [5.41, 5.74) is 5.61. The Kier molecular flexibility index (Phi) is 4.63. The molecule has 1 aromatic heterocycles. The molecule has 2 unspecified atom stereocenters. The lowest BCUT2D eigenvalue weighted by molar-refractivity contribution is 0.368. The normalized spacial score (nSPS) is 23.4. The molecule has 28 heavy (non-hydrogen) atoms. The van der Waals surface area contributed by atoms with E-state index >= 15 is 0 Å². The highest BCUT2D eigenvalue weighted by Crippen LogP contribution is 2.46. The van der Waals surface area contributed by atoms with E-state index in [0.29, 0.717) is 5.11 Å². The van der Waals surface area contributed by atoms with E-state index in [-0.39, 0.29) is 17.6 Å². The number of allylic oxidation sites excluding steroid dienone is 1. The number of rotatable bonds is 2. The van der Waals surface area contributed by atoms with Crippen molar-refractivity contribution in [3.05, 3.63) is 64.4 Å². The molecule has 1 fully saturated rings. The first-order valence-corrected chi connectivity index (χ1v) is 10.2. The van der Waals surface area contributed by atoms with Gasteiger partial charge in [0.25, 0.3) is 0 Å². The molecule has 4 nitrogen and oxygen atoms in total. The van der Waals surface area contributed by atoms with E-state index in [1.165, 1.54) is 11.1 Å². The van der Waals surface area contributed by atoms with Crippen LogP contribution in [0.4, 0.5) is 5.69 Å². The number of nitrogens with zero attached hydrogens (tertiary/aromatic N) is 3. The minimum Gasteiger partial charge on any atom is -0.365 e. The number of fused-ring (bicyclic) bond motifs is 1. The molecule has 2 aliphatic rings. The summed E-state index contributed by atoms with van der Waals surface area (Å²) in [7, 11) is 4.13. The maximum atomic E-state index is 6.85. The SMILES string of the molecule is CC1=CC(C)(C)N(C)c2cc(Cl)c(C3C(c4ccccn4)NC(=S)N3C)cc21. The highest BCUT2D eigenvalue weighted by atomic mass is 35.5. The zero-order valence-corrected chi connectivity index (χ0v) is 18.4. The van der Waals surface area contributed by atoms with Gasteiger partial charge in [0.2, 0.25) is 0 Å². The van der Waals surface area contributed by atoms with Crippen LogP contribution in [0.5, 0.6) is 0 Å². The molecular weight excluding hydrogens is 388 g/mol. The van der Waals surface area contributed by atoms with Crippen LogP contribution in [0, 0.1) is 0 Å². The van der Waals surface area contributed by atoms with Crippen LogP contribution in [0.15, 0.2) is 42.6 Å². The maximum absolute atomic E-state index is 6.85. The van der Waals surface area contributed by atoms with Crippen molar-refractivity contribution in [2.75, 3.05) is 19.0 Å². The fourth-order valence-corrected chi connectivity index (χ4v) is 4.77. The Balaban J connectivity index is 1.85. The number of anilines is 1. The maximum Gasteiger partial charge on any atom is 0.169 e. The van der Waals surface area contributed by atoms with Crippen LogP contribution < -0.4 is 10.2 Å². The Morgan fingerprint density at radius 3 is 2.64 bits per heavy atom. The van der Waals surface area contributed by atoms with Crippen LogP contribution in [0.3, 0.4) is 0 Å². The van der Waals surface area contributed by atoms with Gasteiger partial charge in [-0.1, -0.05) is 23.7 Å². The molecule has 1 aromatic carbocycles. The van der Waals surface area contributed by atoms with Crippen molar-refractivity contribution in [3.8, 4) is 0 Å². The molecular formula is C22H25ClN4S. The monoisotopic (exact) mass is 412 g/mol. The predicted octanol–water partition coefficient (Wildman–Crippen LogP) is 4.97. The van der Waals surface area contributed by atoms with Gasteiger partial charge in [-0.05, 0) is 68.4 Å². The fourth-order valence-electron chi connectivity index (χ4n) is 4.26. The average molecular weight is 413 g/mol. The minimum absolute atomic E-state index is 0.0201. The molecule has 0 aliphatic carbocycles. The van der Waals surface area contributed by atoms with E-state index in [1.807, 2.05) is 31.4 Å². The quantitative estimate of drug-likeness (QED) is 0.704. The molecule has 0 radical (unpaired) electrons. The Morgan fingerprint density at radius 2 is 1.96 bits per heavy atom. The van der Waals surface area contributed by atoms with Crippen LogP contribution in [-0.4, -0.2) is 34.6 Å². The lowest BCUT2D eigenvalue weighted by Gasteiger charge is -2.41. The molecule has 4 rings (SSSR count). The van der Waals surface area contributed by atoms with E-state index in [1.54, 1.807) is 0 Å². The summed E-state index contributed by atoms with van der Waals surface area (Å²) in [6.45, 7) is 6.60. The van der Waals surface area contributed by atoms with E-state index in [4.69, 9.17) is 23.8 Å². The Labute approximate surface area is 177 Å². The first-order chi connectivity index (χ1) is 13.2. The van der Waals surface area contributed by atoms with E-state index in [9.17, 15) is 0 Å². The zero-order valence-electron chi connectivity index (χ0n) is 16.8. The second-order valence-corrected chi connectivity index (χ2v) is 8.96. The van der Waals surface area contributed by atoms with Crippen molar-refractivity contribution in [2.45, 2.75) is 38.4 Å². The van der Waals surface area contributed by atoms with Gasteiger partial charge in [0, 0.05) is 36.6 Å². The first kappa shape index (κ1) is 19.2. The molecule has 2 aliphatic heterocycles. The summed E-state index contributed by atoms with van der Waals surface area (Å²) in [5, 5.41) is 4.88. The minimum atomic E-state index is -0.0499. The third kappa shape index (κ3) is 2.97. The number of nitrogens with one attached hydrogen (secondary N) is 1. The van der Waals surface area contributed by atoms with Crippen LogP contribution in [0.2, 0.25) is 5.02 Å². The van der Waals surface area contributed by atoms with Gasteiger partial charge in [-0.3, -0.25) is 4.98 Å². The predicted molar refractivity (Wildman–Crippen MR) is 121 cm³/mol. The molecule has 2 aromatic rings. The summed E-state index contributed by atoms with van der Waals surface area (Å²) in [6, 6.07) is 10.2. The Bertz CT molecular complexity index is 970. The van der Waals surface area contributed by atoms with Crippen molar-refractivity contribution in [3.63, 3.8) is 0 Å². The highest BCUT2D eigenvalue weighted by molar-refractivity contribution is 7.80. The third-order valence-electron chi connectivity index (χ3n) is 5.99. The molecule has 2 atom stereocenters. The first-order valence-electron chi connectivity index (χ1n) is 9.42. The zero-order chi connectivity index (χ0) is 20.2. The van der Waals surface area contributed by atoms with Crippen molar-refractivity contribution < 1.29 is 0 Å². The third-order valence-corrected chi connectivity index (χ3v) is 6.73. The largest absolute Gasteiger partial charge is 0.365 e. The molecule has 1 saturated heterocycles. The van der Waals surface area contributed by atoms with Gasteiger partial charge in [-0.2, -0.15) is 0 Å². The van der Waals surface area contributed by atoms with E-state index in [0.717, 1.165) is 22.0 Å². The summed E-state index contributed by atoms with van der Waals surface area (Å²) in [4.78, 5) is 8.92. The van der Waals surface area contributed by atoms with Crippen LogP contribution >= 0.6 is 23.8 Å². The highest BCUT2D eigenvalue weighted by Gasteiger charge is 2.40. The number of halogens is 1. The van der Waals surface area contributed by atoms with Crippen molar-refractivity contribution in [2.24, 2.45) is 0 Å². The summed E-state index contributed by atoms with van der Waals surface area (Å²) in [5.74, 6) is 0. The van der Waals surface area contributed by atoms with Gasteiger partial charge in [0.05, 0.1) is 23.3 Å². The standard InChI is InChI=1S/C22H25ClN4S/c1-13-12-22(2,3)27(5)18-11-16(23)15(10-14(13)18)20-19(25-21(28)26(20)4)17-8-6-7-9-24-17/h6-12,19-20H,1-5H3,(H,25,28). The topological polar surface area (TPSA) is 31.4 Å². The number of aromatic nitrogens is 1. The molecule has 0 amide bonds. The molecule has 6 heteroatoms. The molecule has 146 valence electrons. The summed E-state index contributed by atoms with van der Waals surface area (Å²) in [6.07, 6.45) is 4.12. The summed E-state index contributed by atoms with van der Waals surface area (Å²) >= 11 is 12.4. The van der Waals surface area contributed by atoms with E-state index < -0.39 is 0 Å². The fraction of sp³-hybridized carbons (Fsp3) is 0.364. The van der Waals surface area contributed by atoms with Gasteiger partial charge in [-0.25, -0.2) is 0 Å². The van der Waals surface area contributed by atoms with Gasteiger partial charge in [0.15, 0.2) is 5.11 Å². The second kappa shape index (κ2) is 6.75. The van der Waals surface area contributed by atoms with Crippen LogP contribution in [0.1, 0.15) is 49.7 Å². The van der Waals surface area contributed by atoms with Crippen LogP contribution in [0.25, 0.3) is 5.57 Å². The average Bonchev–Trinajstić information content (AvgIpc) is 2.95. The van der Waals surface area contributed by atoms with Crippen molar-refractivity contribution in [1.82, 2.24) is 15.2 Å². The molecule has 0 spiro atoms. The lowest BCUT2D eigenvalue weighted by atomic mass is 9.86. The van der Waals surface area contributed by atoms with Crippen LogP contribution in [-0.2, 0) is 0 Å². The second-order valence-electron chi connectivity index (χ2n) is 8.17. The number of hydrogen-bond acceptors (Lipinski definition) is 3. The van der Waals surface area contributed by atoms with Gasteiger partial charge in [0.1, 0.15) is 0 Å². The summed E-state index contributed by atoms with van der Waals surface area (Å²) < 4.78 is 0. The van der Waals surface area contributed by atoms with E-state index in [2.05, 4.69) is 66.1 Å². The Morgan fingerprint density at radius 1 is 1.21 bits per heavy atom. The number of hydrogen-bond donors (Lipinski definition) is 1. The Hall–Kier alpha value is -2.11. The van der Waals surface area contributed by atoms with Gasteiger partial charge < -0.3 is 15.1 Å². The number of thiocarbonyl (C=S) groups is 1. The molecule has 0 saturated carbocycles. The van der Waals surface area contributed by atoms with Gasteiger partial charge >= 0.3 is 0 Å². The van der Waals surface area contributed by atoms with Crippen molar-refractivity contribution >= 4 is 40.2 Å². The van der Waals surface area contributed by atoms with Crippen molar-refractivity contribution in [1.29, 1.82) is 0 Å². The lowest BCUT2D eigenvalue weighted by Crippen LogP contribution is -2.42. The number of likely N-dealkylation sites (N-methyl/N-ethyl adjacent to an activating group) is 2. The number of pyridine rings is 1. The molecule has 3 heterocycles. The number of benzene rings is 1. The molecule has 0 bridgehead atoms. The van der Waals surface area contributed by atoms with Gasteiger partial charge in [-0.15, -0.1) is 0 Å². The smallest absolute Gasteiger partial charge is 0.169 e. The molecule has 1 N–H and O–H groups in total.